The average molecular weight is 567 g/mol. The lowest BCUT2D eigenvalue weighted by Crippen LogP contribution is -2.55. The van der Waals surface area contributed by atoms with Gasteiger partial charge in [-0.1, -0.05) is 60.1 Å². The lowest BCUT2D eigenvalue weighted by molar-refractivity contribution is -0.129. The summed E-state index contributed by atoms with van der Waals surface area (Å²) >= 11 is 6.70. The van der Waals surface area contributed by atoms with Gasteiger partial charge in [-0.25, -0.2) is 8.42 Å². The van der Waals surface area contributed by atoms with Gasteiger partial charge in [-0.3, -0.25) is 14.5 Å². The van der Waals surface area contributed by atoms with Crippen LogP contribution in [0.25, 0.3) is 10.9 Å². The van der Waals surface area contributed by atoms with Crippen LogP contribution in [0.2, 0.25) is 5.15 Å². The van der Waals surface area contributed by atoms with E-state index in [0.717, 1.165) is 0 Å². The van der Waals surface area contributed by atoms with Gasteiger partial charge in [-0.05, 0) is 44.3 Å². The number of carbonyl (C=O) groups excluding carboxylic acids is 2. The van der Waals surface area contributed by atoms with Crippen molar-refractivity contribution in [3.63, 3.8) is 0 Å². The van der Waals surface area contributed by atoms with Crippen molar-refractivity contribution in [2.24, 2.45) is 0 Å². The molecule has 1 aliphatic heterocycles. The molecule has 39 heavy (non-hydrogen) atoms. The molecule has 1 aromatic heterocycles. The Kier molecular flexibility index (Phi) is 7.35. The predicted molar refractivity (Wildman–Crippen MR) is 150 cm³/mol. The summed E-state index contributed by atoms with van der Waals surface area (Å²) in [4.78, 5) is 31.3. The topological polar surface area (TPSA) is 121 Å². The summed E-state index contributed by atoms with van der Waals surface area (Å²) in [7, 11) is -2.66. The maximum Gasteiger partial charge on any atom is 0.254 e. The van der Waals surface area contributed by atoms with Crippen molar-refractivity contribution in [3.8, 4) is 5.75 Å². The van der Waals surface area contributed by atoms with Crippen LogP contribution in [0.3, 0.4) is 0 Å². The highest BCUT2D eigenvalue weighted by atomic mass is 35.5. The number of aromatic amines is 1. The zero-order valence-electron chi connectivity index (χ0n) is 21.2. The highest BCUT2D eigenvalue weighted by Crippen LogP contribution is 2.45. The molecule has 0 aliphatic carbocycles. The first-order valence-corrected chi connectivity index (χ1v) is 14.2. The van der Waals surface area contributed by atoms with E-state index in [-0.39, 0.29) is 27.9 Å². The first-order chi connectivity index (χ1) is 18.7. The van der Waals surface area contributed by atoms with Crippen molar-refractivity contribution in [2.75, 3.05) is 18.6 Å². The van der Waals surface area contributed by atoms with Crippen molar-refractivity contribution < 1.29 is 22.7 Å². The molecule has 2 amide bonds. The zero-order valence-corrected chi connectivity index (χ0v) is 22.8. The lowest BCUT2D eigenvalue weighted by atomic mass is 10.1. The first-order valence-electron chi connectivity index (χ1n) is 12.3. The molecule has 202 valence electrons. The summed E-state index contributed by atoms with van der Waals surface area (Å²) in [6.07, 6.45) is 0. The van der Waals surface area contributed by atoms with Crippen LogP contribution in [0.15, 0.2) is 83.8 Å². The molecule has 0 spiro atoms. The van der Waals surface area contributed by atoms with Gasteiger partial charge in [0.25, 0.3) is 5.91 Å². The third-order valence-corrected chi connectivity index (χ3v) is 9.02. The Hall–Kier alpha value is -3.86. The third kappa shape index (κ3) is 4.87. The predicted octanol–water partition coefficient (Wildman–Crippen LogP) is 3.81. The van der Waals surface area contributed by atoms with Gasteiger partial charge in [-0.15, -0.1) is 0 Å². The largest absolute Gasteiger partial charge is 0.489 e. The Bertz CT molecular complexity index is 1640. The summed E-state index contributed by atoms with van der Waals surface area (Å²) in [6, 6.07) is 19.9. The van der Waals surface area contributed by atoms with Gasteiger partial charge in [0.1, 0.15) is 23.6 Å². The number of H-pyrrole nitrogens is 1. The number of nitrogens with zero attached hydrogens (tertiary/aromatic N) is 1. The van der Waals surface area contributed by atoms with Crippen LogP contribution in [0, 0.1) is 0 Å². The number of anilines is 1. The number of aromatic nitrogens is 1. The number of halogens is 1. The number of fused-ring (bicyclic) bond motifs is 2. The van der Waals surface area contributed by atoms with E-state index < -0.39 is 39.1 Å². The maximum absolute atomic E-state index is 14.5. The SMILES string of the molecule is CNC(C)C(=O)NC1COc2ccccc2N(C(c2c(Cl)[nH]c3ccccc23)S(=O)(=O)c2ccccc2)C1=O. The standard InChI is InChI=1S/C28H27ClN4O5S/c1-17(30-2)26(34)32-21-16-38-23-15-9-8-14-22(23)33(27(21)35)28(39(36,37)18-10-4-3-5-11-18)24-19-12-6-7-13-20(19)31-25(24)29/h3-15,17,21,28,30-31H,16H2,1-2H3,(H,32,34). The molecule has 3 unspecified atom stereocenters. The van der Waals surface area contributed by atoms with Crippen LogP contribution in [-0.4, -0.2) is 51.0 Å². The highest BCUT2D eigenvalue weighted by Gasteiger charge is 2.45. The maximum atomic E-state index is 14.5. The minimum Gasteiger partial charge on any atom is -0.489 e. The van der Waals surface area contributed by atoms with Gasteiger partial charge in [-0.2, -0.15) is 0 Å². The molecular formula is C28H27ClN4O5S. The first kappa shape index (κ1) is 26.7. The molecule has 3 aromatic carbocycles. The van der Waals surface area contributed by atoms with E-state index in [1.54, 1.807) is 80.7 Å². The van der Waals surface area contributed by atoms with E-state index in [2.05, 4.69) is 15.6 Å². The van der Waals surface area contributed by atoms with Crippen molar-refractivity contribution in [1.82, 2.24) is 15.6 Å². The van der Waals surface area contributed by atoms with Crippen molar-refractivity contribution >= 4 is 49.8 Å². The Balaban J connectivity index is 1.77. The van der Waals surface area contributed by atoms with Gasteiger partial charge in [0.15, 0.2) is 5.37 Å². The monoisotopic (exact) mass is 566 g/mol. The Morgan fingerprint density at radius 2 is 1.72 bits per heavy atom. The number of amides is 2. The van der Waals surface area contributed by atoms with Gasteiger partial charge >= 0.3 is 0 Å². The molecule has 3 N–H and O–H groups in total. The molecule has 0 fully saturated rings. The number of carbonyl (C=O) groups is 2. The Morgan fingerprint density at radius 1 is 1.05 bits per heavy atom. The van der Waals surface area contributed by atoms with Crippen molar-refractivity contribution in [3.05, 3.63) is 89.6 Å². The molecule has 3 atom stereocenters. The Morgan fingerprint density at radius 3 is 2.46 bits per heavy atom. The third-order valence-electron chi connectivity index (χ3n) is 6.75. The Labute approximate surface area is 231 Å². The van der Waals surface area contributed by atoms with E-state index in [1.165, 1.54) is 17.0 Å². The van der Waals surface area contributed by atoms with Crippen molar-refractivity contribution in [1.29, 1.82) is 0 Å². The smallest absolute Gasteiger partial charge is 0.254 e. The molecule has 1 aliphatic rings. The minimum absolute atomic E-state index is 0.0104. The zero-order chi connectivity index (χ0) is 27.7. The van der Waals surface area contributed by atoms with Gasteiger partial charge < -0.3 is 20.4 Å². The summed E-state index contributed by atoms with van der Waals surface area (Å²) < 4.78 is 34.9. The number of para-hydroxylation sites is 3. The number of ether oxygens (including phenoxy) is 1. The quantitative estimate of drug-likeness (QED) is 0.313. The van der Waals surface area contributed by atoms with E-state index >= 15 is 0 Å². The van der Waals surface area contributed by atoms with E-state index in [9.17, 15) is 18.0 Å². The average Bonchev–Trinajstić information content (AvgIpc) is 3.21. The molecule has 4 aromatic rings. The number of sulfone groups is 1. The number of likely N-dealkylation sites (N-methyl/N-ethyl adjacent to an activating group) is 1. The number of hydrogen-bond donors (Lipinski definition) is 3. The number of rotatable bonds is 7. The van der Waals surface area contributed by atoms with Crippen LogP contribution in [0.1, 0.15) is 17.9 Å². The number of nitrogens with one attached hydrogen (secondary N) is 3. The van der Waals surface area contributed by atoms with Crippen LogP contribution >= 0.6 is 11.6 Å². The molecule has 2 heterocycles. The van der Waals surface area contributed by atoms with Crippen LogP contribution in [0.5, 0.6) is 5.75 Å². The minimum atomic E-state index is -4.28. The summed E-state index contributed by atoms with van der Waals surface area (Å²) in [5, 5.41) is 4.60. The summed E-state index contributed by atoms with van der Waals surface area (Å²) in [5.41, 5.74) is 1.08. The van der Waals surface area contributed by atoms with Crippen molar-refractivity contribution in [2.45, 2.75) is 29.3 Å². The van der Waals surface area contributed by atoms with Crippen LogP contribution in [-0.2, 0) is 19.4 Å². The van der Waals surface area contributed by atoms with Gasteiger partial charge in [0.05, 0.1) is 16.6 Å². The molecule has 0 radical (unpaired) electrons. The molecule has 0 saturated carbocycles. The molecule has 9 nitrogen and oxygen atoms in total. The highest BCUT2D eigenvalue weighted by molar-refractivity contribution is 7.91. The second-order valence-electron chi connectivity index (χ2n) is 9.17. The van der Waals surface area contributed by atoms with Gasteiger partial charge in [0, 0.05) is 16.5 Å². The van der Waals surface area contributed by atoms with Crippen LogP contribution in [0.4, 0.5) is 5.69 Å². The molecular weight excluding hydrogens is 540 g/mol. The second kappa shape index (κ2) is 10.7. The number of benzene rings is 3. The lowest BCUT2D eigenvalue weighted by Gasteiger charge is -2.33. The van der Waals surface area contributed by atoms with E-state index in [4.69, 9.17) is 16.3 Å². The van der Waals surface area contributed by atoms with Crippen LogP contribution < -0.4 is 20.3 Å². The fourth-order valence-electron chi connectivity index (χ4n) is 4.62. The second-order valence-corrected chi connectivity index (χ2v) is 11.6. The van der Waals surface area contributed by atoms with Gasteiger partial charge in [0.2, 0.25) is 15.7 Å². The summed E-state index contributed by atoms with van der Waals surface area (Å²) in [6.45, 7) is 1.46. The molecule has 0 saturated heterocycles. The molecule has 5 rings (SSSR count). The number of hydrogen-bond acceptors (Lipinski definition) is 6. The molecule has 0 bridgehead atoms. The fraction of sp³-hybridized carbons (Fsp3) is 0.214. The van der Waals surface area contributed by atoms with E-state index in [0.29, 0.717) is 16.7 Å². The summed E-state index contributed by atoms with van der Waals surface area (Å²) in [5.74, 6) is -0.783. The fourth-order valence-corrected chi connectivity index (χ4v) is 6.83. The molecule has 11 heteroatoms. The van der Waals surface area contributed by atoms with E-state index in [1.807, 2.05) is 0 Å². The normalized spacial score (nSPS) is 17.2.